The molecule has 1 aromatic carbocycles. The first-order valence-corrected chi connectivity index (χ1v) is 11.1. The molecule has 0 N–H and O–H groups in total. The Labute approximate surface area is 183 Å². The molecule has 0 saturated heterocycles. The molecule has 7 nitrogen and oxygen atoms in total. The first-order valence-electron chi connectivity index (χ1n) is 10.7. The molecule has 0 spiro atoms. The highest BCUT2D eigenvalue weighted by molar-refractivity contribution is 6.30. The molecule has 168 valence electrons. The molecule has 1 rings (SSSR count). The van der Waals surface area contributed by atoms with Crippen molar-refractivity contribution in [2.24, 2.45) is 0 Å². The van der Waals surface area contributed by atoms with Gasteiger partial charge in [0.25, 0.3) is 5.69 Å². The SMILES string of the molecule is CCCCCCCCCCOC(=O)CCCC(=O)OCc1ccc(Cl)cc1[N+](=O)[O-]. The Hall–Kier alpha value is -2.15. The van der Waals surface area contributed by atoms with Crippen molar-refractivity contribution >= 4 is 29.2 Å². The van der Waals surface area contributed by atoms with Crippen LogP contribution in [0.1, 0.15) is 83.1 Å². The van der Waals surface area contributed by atoms with Crippen molar-refractivity contribution in [3.8, 4) is 0 Å². The highest BCUT2D eigenvalue weighted by Crippen LogP contribution is 2.24. The molecule has 0 saturated carbocycles. The lowest BCUT2D eigenvalue weighted by molar-refractivity contribution is -0.385. The standard InChI is InChI=1S/C22H32ClNO6/c1-2-3-4-5-6-7-8-9-15-29-21(25)11-10-12-22(26)30-17-18-13-14-19(23)16-20(18)24(27)28/h13-14,16H,2-12,15,17H2,1H3. The summed E-state index contributed by atoms with van der Waals surface area (Å²) in [6, 6.07) is 4.17. The summed E-state index contributed by atoms with van der Waals surface area (Å²) < 4.78 is 10.2. The number of hydrogen-bond acceptors (Lipinski definition) is 6. The van der Waals surface area contributed by atoms with Gasteiger partial charge in [-0.05, 0) is 25.0 Å². The van der Waals surface area contributed by atoms with Gasteiger partial charge in [0.2, 0.25) is 0 Å². The molecule has 1 aromatic rings. The zero-order valence-electron chi connectivity index (χ0n) is 17.7. The maximum Gasteiger partial charge on any atom is 0.306 e. The van der Waals surface area contributed by atoms with Crippen LogP contribution in [0.15, 0.2) is 18.2 Å². The van der Waals surface area contributed by atoms with Gasteiger partial charge in [0.1, 0.15) is 6.61 Å². The lowest BCUT2D eigenvalue weighted by atomic mass is 10.1. The van der Waals surface area contributed by atoms with E-state index in [4.69, 9.17) is 21.1 Å². The van der Waals surface area contributed by atoms with E-state index in [-0.39, 0.29) is 41.7 Å². The Morgan fingerprint density at radius 1 is 0.933 bits per heavy atom. The van der Waals surface area contributed by atoms with Gasteiger partial charge in [-0.3, -0.25) is 19.7 Å². The third kappa shape index (κ3) is 11.8. The number of carbonyl (C=O) groups is 2. The lowest BCUT2D eigenvalue weighted by Crippen LogP contribution is -2.09. The minimum atomic E-state index is -0.572. The Morgan fingerprint density at radius 3 is 2.17 bits per heavy atom. The molecular formula is C22H32ClNO6. The summed E-state index contributed by atoms with van der Waals surface area (Å²) in [5, 5.41) is 11.3. The summed E-state index contributed by atoms with van der Waals surface area (Å²) in [4.78, 5) is 33.9. The summed E-state index contributed by atoms with van der Waals surface area (Å²) in [6.45, 7) is 2.40. The number of carbonyl (C=O) groups excluding carboxylic acids is 2. The number of esters is 2. The number of nitrogens with zero attached hydrogens (tertiary/aromatic N) is 1. The fourth-order valence-electron chi connectivity index (χ4n) is 2.93. The second kappa shape index (κ2) is 15.7. The highest BCUT2D eigenvalue weighted by atomic mass is 35.5. The number of benzene rings is 1. The van der Waals surface area contributed by atoms with Crippen LogP contribution in [0.5, 0.6) is 0 Å². The zero-order valence-corrected chi connectivity index (χ0v) is 18.5. The van der Waals surface area contributed by atoms with Crippen LogP contribution in [0.4, 0.5) is 5.69 Å². The number of nitro benzene ring substituents is 1. The van der Waals surface area contributed by atoms with Crippen molar-refractivity contribution < 1.29 is 24.0 Å². The third-order valence-electron chi connectivity index (χ3n) is 4.66. The average molecular weight is 442 g/mol. The second-order valence-electron chi connectivity index (χ2n) is 7.24. The predicted octanol–water partition coefficient (Wildman–Crippen LogP) is 6.15. The molecule has 0 bridgehead atoms. The predicted molar refractivity (Wildman–Crippen MR) is 115 cm³/mol. The average Bonchev–Trinajstić information content (AvgIpc) is 2.71. The first-order chi connectivity index (χ1) is 14.4. The molecule has 30 heavy (non-hydrogen) atoms. The van der Waals surface area contributed by atoms with E-state index in [9.17, 15) is 19.7 Å². The Morgan fingerprint density at radius 2 is 1.53 bits per heavy atom. The monoisotopic (exact) mass is 441 g/mol. The number of unbranched alkanes of at least 4 members (excludes halogenated alkanes) is 7. The molecule has 0 amide bonds. The van der Waals surface area contributed by atoms with E-state index in [1.165, 1.54) is 56.7 Å². The minimum absolute atomic E-state index is 0.0498. The van der Waals surface area contributed by atoms with Crippen molar-refractivity contribution in [1.82, 2.24) is 0 Å². The van der Waals surface area contributed by atoms with Gasteiger partial charge in [0.05, 0.1) is 17.1 Å². The molecule has 8 heteroatoms. The molecular weight excluding hydrogens is 410 g/mol. The van der Waals surface area contributed by atoms with Crippen molar-refractivity contribution in [1.29, 1.82) is 0 Å². The maximum absolute atomic E-state index is 11.8. The summed E-state index contributed by atoms with van der Waals surface area (Å²) in [5.41, 5.74) is 0.0716. The van der Waals surface area contributed by atoms with Crippen molar-refractivity contribution in [3.63, 3.8) is 0 Å². The van der Waals surface area contributed by atoms with E-state index in [0.29, 0.717) is 13.0 Å². The molecule has 0 aliphatic rings. The summed E-state index contributed by atoms with van der Waals surface area (Å²) >= 11 is 5.75. The van der Waals surface area contributed by atoms with Crippen LogP contribution in [0, 0.1) is 10.1 Å². The molecule has 0 aliphatic carbocycles. The molecule has 0 radical (unpaired) electrons. The minimum Gasteiger partial charge on any atom is -0.466 e. The fourth-order valence-corrected chi connectivity index (χ4v) is 3.10. The topological polar surface area (TPSA) is 95.7 Å². The van der Waals surface area contributed by atoms with Crippen LogP contribution < -0.4 is 0 Å². The highest BCUT2D eigenvalue weighted by Gasteiger charge is 2.16. The molecule has 0 aromatic heterocycles. The van der Waals surface area contributed by atoms with Crippen LogP contribution in [-0.2, 0) is 25.7 Å². The molecule has 0 fully saturated rings. The van der Waals surface area contributed by atoms with Gasteiger partial charge in [-0.2, -0.15) is 0 Å². The van der Waals surface area contributed by atoms with Gasteiger partial charge < -0.3 is 9.47 Å². The van der Waals surface area contributed by atoms with Crippen LogP contribution in [0.25, 0.3) is 0 Å². The van der Waals surface area contributed by atoms with Crippen molar-refractivity contribution in [2.75, 3.05) is 6.61 Å². The zero-order chi connectivity index (χ0) is 22.2. The first kappa shape index (κ1) is 25.9. The van der Waals surface area contributed by atoms with E-state index in [2.05, 4.69) is 6.92 Å². The van der Waals surface area contributed by atoms with E-state index in [1.807, 2.05) is 0 Å². The van der Waals surface area contributed by atoms with Gasteiger partial charge in [0.15, 0.2) is 0 Å². The third-order valence-corrected chi connectivity index (χ3v) is 4.89. The number of nitro groups is 1. The van der Waals surface area contributed by atoms with E-state index >= 15 is 0 Å². The smallest absolute Gasteiger partial charge is 0.306 e. The van der Waals surface area contributed by atoms with E-state index in [1.54, 1.807) is 0 Å². The van der Waals surface area contributed by atoms with Crippen LogP contribution >= 0.6 is 11.6 Å². The van der Waals surface area contributed by atoms with Gasteiger partial charge >= 0.3 is 11.9 Å². The normalized spacial score (nSPS) is 10.6. The molecule has 0 unspecified atom stereocenters. The van der Waals surface area contributed by atoms with Gasteiger partial charge in [-0.15, -0.1) is 0 Å². The number of ether oxygens (including phenoxy) is 2. The van der Waals surface area contributed by atoms with E-state index < -0.39 is 10.9 Å². The maximum atomic E-state index is 11.8. The number of hydrogen-bond donors (Lipinski definition) is 0. The van der Waals surface area contributed by atoms with Crippen molar-refractivity contribution in [2.45, 2.75) is 84.2 Å². The summed E-state index contributed by atoms with van der Waals surface area (Å²) in [7, 11) is 0. The van der Waals surface area contributed by atoms with Crippen LogP contribution in [-0.4, -0.2) is 23.5 Å². The summed E-state index contributed by atoms with van der Waals surface area (Å²) in [5.74, 6) is -0.839. The Balaban J connectivity index is 2.10. The molecule has 0 heterocycles. The fraction of sp³-hybridized carbons (Fsp3) is 0.636. The largest absolute Gasteiger partial charge is 0.466 e. The molecule has 0 aliphatic heterocycles. The van der Waals surface area contributed by atoms with Gasteiger partial charge in [-0.25, -0.2) is 0 Å². The van der Waals surface area contributed by atoms with Crippen LogP contribution in [0.2, 0.25) is 5.02 Å². The lowest BCUT2D eigenvalue weighted by Gasteiger charge is -2.07. The van der Waals surface area contributed by atoms with Crippen LogP contribution in [0.3, 0.4) is 0 Å². The Bertz CT molecular complexity index is 680. The summed E-state index contributed by atoms with van der Waals surface area (Å²) in [6.07, 6.45) is 9.95. The Kier molecular flexibility index (Phi) is 13.5. The quantitative estimate of drug-likeness (QED) is 0.132. The van der Waals surface area contributed by atoms with Gasteiger partial charge in [-0.1, -0.05) is 63.5 Å². The van der Waals surface area contributed by atoms with E-state index in [0.717, 1.165) is 12.8 Å². The second-order valence-corrected chi connectivity index (χ2v) is 7.68. The number of rotatable bonds is 16. The van der Waals surface area contributed by atoms with Gasteiger partial charge in [0, 0.05) is 23.9 Å². The molecule has 0 atom stereocenters. The number of halogens is 1. The van der Waals surface area contributed by atoms with Crippen molar-refractivity contribution in [3.05, 3.63) is 38.9 Å².